The first-order valence-electron chi connectivity index (χ1n) is 11.4. The fraction of sp³-hybridized carbons (Fsp3) is 1.00. The first kappa shape index (κ1) is 26.4. The smallest absolute Gasteiger partial charge is 0.0535 e. The minimum atomic E-state index is -1.00. The van der Waals surface area contributed by atoms with Crippen molar-refractivity contribution in [2.24, 2.45) is 0 Å². The highest BCUT2D eigenvalue weighted by molar-refractivity contribution is 6.80. The summed E-state index contributed by atoms with van der Waals surface area (Å²) in [5.74, 6) is 0. The van der Waals surface area contributed by atoms with E-state index in [1.807, 2.05) is 0 Å². The molecular formula is C19H49ClSi5. The summed E-state index contributed by atoms with van der Waals surface area (Å²) >= 11 is 5.99. The second-order valence-electron chi connectivity index (χ2n) is 9.86. The Morgan fingerprint density at radius 3 is 1.32 bits per heavy atom. The highest BCUT2D eigenvalue weighted by Crippen LogP contribution is 2.34. The fourth-order valence-electron chi connectivity index (χ4n) is 4.18. The van der Waals surface area contributed by atoms with E-state index < -0.39 is 8.07 Å². The van der Waals surface area contributed by atoms with Crippen LogP contribution in [0.25, 0.3) is 0 Å². The second kappa shape index (κ2) is 16.3. The van der Waals surface area contributed by atoms with Crippen LogP contribution in [0, 0.1) is 0 Å². The van der Waals surface area contributed by atoms with Crippen LogP contribution in [-0.4, -0.2) is 49.5 Å². The van der Waals surface area contributed by atoms with Gasteiger partial charge >= 0.3 is 0 Å². The van der Waals surface area contributed by atoms with Crippen LogP contribution < -0.4 is 0 Å². The highest BCUT2D eigenvalue weighted by atomic mass is 35.5. The van der Waals surface area contributed by atoms with Crippen molar-refractivity contribution >= 4 is 55.6 Å². The van der Waals surface area contributed by atoms with Crippen molar-refractivity contribution in [3.63, 3.8) is 0 Å². The van der Waals surface area contributed by atoms with Gasteiger partial charge in [-0.1, -0.05) is 113 Å². The van der Waals surface area contributed by atoms with Crippen molar-refractivity contribution in [2.75, 3.05) is 5.50 Å². The van der Waals surface area contributed by atoms with E-state index in [-0.39, 0.29) is 35.9 Å². The molecular weight excluding hydrogens is 404 g/mol. The first-order chi connectivity index (χ1) is 11.8. The topological polar surface area (TPSA) is 0 Å². The SMILES string of the molecule is C[SiH](C)CCC[Si](CCC[SiH2]CCl)(CCC[SiH](C)C)CCC[SiH](C)C. The average Bonchev–Trinajstić information content (AvgIpc) is 2.50. The summed E-state index contributed by atoms with van der Waals surface area (Å²) in [6.07, 6.45) is 6.30. The van der Waals surface area contributed by atoms with Crippen LogP contribution in [0.15, 0.2) is 0 Å². The third-order valence-corrected chi connectivity index (χ3v) is 18.2. The molecule has 0 aliphatic rings. The maximum atomic E-state index is 5.99. The molecule has 0 fully saturated rings. The Balaban J connectivity index is 4.79. The minimum Gasteiger partial charge on any atom is -0.131 e. The largest absolute Gasteiger partial charge is 0.131 e. The zero-order chi connectivity index (χ0) is 19.1. The standard InChI is InChI=1S/C19H49ClSi5/c1-22(2)12-8-16-25(15-7-11-21-19-20,17-9-13-23(3)4)18-10-14-24(5)6/h22-24H,7-19,21H2,1-6H3. The van der Waals surface area contributed by atoms with Crippen molar-refractivity contribution in [1.29, 1.82) is 0 Å². The van der Waals surface area contributed by atoms with Gasteiger partial charge in [0.05, 0.1) is 8.07 Å². The minimum absolute atomic E-state index is 0.0649. The molecule has 0 saturated carbocycles. The Kier molecular flexibility index (Phi) is 17.2. The monoisotopic (exact) mass is 452 g/mol. The molecule has 0 radical (unpaired) electrons. The van der Waals surface area contributed by atoms with E-state index in [4.69, 9.17) is 11.6 Å². The van der Waals surface area contributed by atoms with Crippen molar-refractivity contribution in [2.45, 2.75) is 113 Å². The van der Waals surface area contributed by atoms with E-state index >= 15 is 0 Å². The van der Waals surface area contributed by atoms with Gasteiger partial charge < -0.3 is 0 Å². The van der Waals surface area contributed by atoms with Gasteiger partial charge in [-0.3, -0.25) is 0 Å². The predicted octanol–water partition coefficient (Wildman–Crippen LogP) is 6.24. The number of hydrogen-bond donors (Lipinski definition) is 0. The summed E-state index contributed by atoms with van der Waals surface area (Å²) in [4.78, 5) is 0. The summed E-state index contributed by atoms with van der Waals surface area (Å²) < 4.78 is 0. The molecule has 0 unspecified atom stereocenters. The molecule has 0 nitrogen and oxygen atoms in total. The van der Waals surface area contributed by atoms with Crippen LogP contribution >= 0.6 is 11.6 Å². The van der Waals surface area contributed by atoms with Gasteiger partial charge in [0.25, 0.3) is 0 Å². The molecule has 0 aromatic carbocycles. The fourth-order valence-corrected chi connectivity index (χ4v) is 15.7. The Hall–Kier alpha value is 1.37. The molecule has 0 bridgehead atoms. The van der Waals surface area contributed by atoms with Gasteiger partial charge in [-0.15, -0.1) is 11.6 Å². The van der Waals surface area contributed by atoms with E-state index in [0.717, 1.165) is 5.50 Å². The second-order valence-corrected chi connectivity index (χ2v) is 27.9. The molecule has 152 valence electrons. The molecule has 0 spiro atoms. The molecule has 0 aromatic heterocycles. The molecule has 0 amide bonds. The molecule has 25 heavy (non-hydrogen) atoms. The van der Waals surface area contributed by atoms with Gasteiger partial charge in [0, 0.05) is 41.4 Å². The lowest BCUT2D eigenvalue weighted by molar-refractivity contribution is 0.871. The molecule has 0 aliphatic carbocycles. The van der Waals surface area contributed by atoms with Crippen molar-refractivity contribution < 1.29 is 0 Å². The highest BCUT2D eigenvalue weighted by Gasteiger charge is 2.31. The van der Waals surface area contributed by atoms with E-state index in [2.05, 4.69) is 39.3 Å². The predicted molar refractivity (Wildman–Crippen MR) is 139 cm³/mol. The van der Waals surface area contributed by atoms with Gasteiger partial charge in [-0.2, -0.15) is 0 Å². The van der Waals surface area contributed by atoms with Gasteiger partial charge in [0.2, 0.25) is 0 Å². The zero-order valence-corrected chi connectivity index (χ0v) is 25.1. The number of alkyl halides is 1. The van der Waals surface area contributed by atoms with Crippen molar-refractivity contribution in [3.05, 3.63) is 0 Å². The van der Waals surface area contributed by atoms with Crippen LogP contribution in [0.2, 0.25) is 87.6 Å². The summed E-state index contributed by atoms with van der Waals surface area (Å²) in [6.45, 7) is 15.3. The molecule has 0 N–H and O–H groups in total. The summed E-state index contributed by atoms with van der Waals surface area (Å²) in [5, 5.41) is 0. The summed E-state index contributed by atoms with van der Waals surface area (Å²) in [5.41, 5.74) is 1.01. The van der Waals surface area contributed by atoms with Gasteiger partial charge in [-0.05, 0) is 0 Å². The third kappa shape index (κ3) is 16.1. The Labute approximate surface area is 173 Å². The van der Waals surface area contributed by atoms with E-state index in [1.165, 1.54) is 6.04 Å². The molecule has 0 heterocycles. The molecule has 0 rings (SSSR count). The van der Waals surface area contributed by atoms with Crippen molar-refractivity contribution in [1.82, 2.24) is 0 Å². The van der Waals surface area contributed by atoms with Gasteiger partial charge in [0.15, 0.2) is 0 Å². The quantitative estimate of drug-likeness (QED) is 0.139. The van der Waals surface area contributed by atoms with E-state index in [1.54, 1.807) is 68.0 Å². The number of halogens is 1. The van der Waals surface area contributed by atoms with Crippen LogP contribution in [0.3, 0.4) is 0 Å². The Bertz CT molecular complexity index is 261. The van der Waals surface area contributed by atoms with Crippen LogP contribution in [0.1, 0.15) is 25.7 Å². The molecule has 0 atom stereocenters. The molecule has 6 heteroatoms. The molecule has 0 saturated heterocycles. The van der Waals surface area contributed by atoms with E-state index in [9.17, 15) is 0 Å². The lowest BCUT2D eigenvalue weighted by atomic mass is 10.5. The zero-order valence-electron chi connectivity index (χ0n) is 18.5. The third-order valence-electron chi connectivity index (χ3n) is 5.81. The lowest BCUT2D eigenvalue weighted by Crippen LogP contribution is -2.34. The van der Waals surface area contributed by atoms with Crippen LogP contribution in [0.4, 0.5) is 0 Å². The van der Waals surface area contributed by atoms with Gasteiger partial charge in [0.1, 0.15) is 0 Å². The summed E-state index contributed by atoms with van der Waals surface area (Å²) in [6, 6.07) is 13.0. The normalized spacial score (nSPS) is 13.2. The van der Waals surface area contributed by atoms with Crippen LogP contribution in [0.5, 0.6) is 0 Å². The van der Waals surface area contributed by atoms with Gasteiger partial charge in [-0.25, -0.2) is 0 Å². The lowest BCUT2D eigenvalue weighted by Gasteiger charge is -2.33. The number of hydrogen-bond acceptors (Lipinski definition) is 0. The van der Waals surface area contributed by atoms with Crippen molar-refractivity contribution in [3.8, 4) is 0 Å². The maximum Gasteiger partial charge on any atom is 0.0535 e. The summed E-state index contributed by atoms with van der Waals surface area (Å²) in [7, 11) is -2.02. The Morgan fingerprint density at radius 2 is 1.00 bits per heavy atom. The first-order valence-corrected chi connectivity index (χ1v) is 26.1. The van der Waals surface area contributed by atoms with E-state index in [0.29, 0.717) is 0 Å². The maximum absolute atomic E-state index is 5.99. The number of rotatable bonds is 17. The van der Waals surface area contributed by atoms with Crippen LogP contribution in [-0.2, 0) is 0 Å². The Morgan fingerprint density at radius 1 is 0.640 bits per heavy atom. The molecule has 0 aliphatic heterocycles. The average molecular weight is 453 g/mol. The molecule has 0 aromatic rings.